The third-order valence-electron chi connectivity index (χ3n) is 3.08. The molecule has 2 aromatic carbocycles. The highest BCUT2D eigenvalue weighted by Crippen LogP contribution is 2.28. The molecule has 0 heterocycles. The highest BCUT2D eigenvalue weighted by Gasteiger charge is 2.12. The van der Waals surface area contributed by atoms with E-state index in [0.29, 0.717) is 22.8 Å². The Labute approximate surface area is 137 Å². The number of methoxy groups -OCH3 is 2. The summed E-state index contributed by atoms with van der Waals surface area (Å²) in [6, 6.07) is 10.5. The molecule has 0 aliphatic rings. The van der Waals surface area contributed by atoms with Gasteiger partial charge in [0.05, 0.1) is 19.8 Å². The first-order valence-corrected chi connectivity index (χ1v) is 7.27. The van der Waals surface area contributed by atoms with Crippen LogP contribution < -0.4 is 19.9 Å². The van der Waals surface area contributed by atoms with Crippen LogP contribution in [0.15, 0.2) is 40.9 Å². The van der Waals surface area contributed by atoms with Gasteiger partial charge in [0, 0.05) is 16.1 Å². The van der Waals surface area contributed by atoms with E-state index < -0.39 is 5.91 Å². The molecule has 0 aliphatic heterocycles. The Hall–Kier alpha value is -2.21. The van der Waals surface area contributed by atoms with Crippen molar-refractivity contribution in [2.75, 3.05) is 14.2 Å². The van der Waals surface area contributed by atoms with Crippen molar-refractivity contribution in [1.82, 2.24) is 0 Å². The molecule has 0 aliphatic carbocycles. The number of amides is 1. The molecule has 2 aromatic rings. The summed E-state index contributed by atoms with van der Waals surface area (Å²) in [6.07, 6.45) is 0. The summed E-state index contributed by atoms with van der Waals surface area (Å²) in [5.41, 5.74) is 6.51. The van der Waals surface area contributed by atoms with Crippen LogP contribution in [-0.2, 0) is 6.61 Å². The first-order chi connectivity index (χ1) is 10.5. The number of rotatable bonds is 6. The molecule has 1 amide bonds. The Bertz CT molecular complexity index is 688. The van der Waals surface area contributed by atoms with Crippen molar-refractivity contribution in [3.63, 3.8) is 0 Å². The second-order valence-corrected chi connectivity index (χ2v) is 5.39. The maximum atomic E-state index is 11.5. The van der Waals surface area contributed by atoms with Crippen molar-refractivity contribution in [1.29, 1.82) is 0 Å². The van der Waals surface area contributed by atoms with Crippen molar-refractivity contribution in [2.24, 2.45) is 5.73 Å². The molecule has 0 radical (unpaired) electrons. The van der Waals surface area contributed by atoms with Crippen LogP contribution in [-0.4, -0.2) is 20.1 Å². The highest BCUT2D eigenvalue weighted by atomic mass is 79.9. The predicted molar refractivity (Wildman–Crippen MR) is 86.5 cm³/mol. The first-order valence-electron chi connectivity index (χ1n) is 6.48. The molecular formula is C16H16BrNO4. The molecule has 0 unspecified atom stereocenters. The average molecular weight is 366 g/mol. The van der Waals surface area contributed by atoms with Crippen LogP contribution in [0.5, 0.6) is 17.2 Å². The normalized spacial score (nSPS) is 10.1. The van der Waals surface area contributed by atoms with Gasteiger partial charge in [-0.05, 0) is 30.3 Å². The van der Waals surface area contributed by atoms with Gasteiger partial charge in [0.15, 0.2) is 0 Å². The van der Waals surface area contributed by atoms with Crippen molar-refractivity contribution >= 4 is 21.8 Å². The Morgan fingerprint density at radius 2 is 1.86 bits per heavy atom. The Morgan fingerprint density at radius 1 is 1.09 bits per heavy atom. The van der Waals surface area contributed by atoms with Crippen molar-refractivity contribution < 1.29 is 19.0 Å². The third kappa shape index (κ3) is 3.71. The Morgan fingerprint density at radius 3 is 2.50 bits per heavy atom. The van der Waals surface area contributed by atoms with Crippen LogP contribution in [0.2, 0.25) is 0 Å². The molecule has 5 nitrogen and oxygen atoms in total. The standard InChI is InChI=1S/C16H16BrNO4/c1-20-12-4-5-13(16(18)19)15(8-12)22-9-10-7-11(17)3-6-14(10)21-2/h3-8H,9H2,1-2H3,(H2,18,19). The van der Waals surface area contributed by atoms with Gasteiger partial charge in [0.1, 0.15) is 23.9 Å². The predicted octanol–water partition coefficient (Wildman–Crippen LogP) is 3.14. The van der Waals surface area contributed by atoms with Gasteiger partial charge in [0.25, 0.3) is 5.91 Å². The zero-order valence-corrected chi connectivity index (χ0v) is 13.8. The zero-order valence-electron chi connectivity index (χ0n) is 12.3. The molecule has 116 valence electrons. The largest absolute Gasteiger partial charge is 0.497 e. The van der Waals surface area contributed by atoms with E-state index >= 15 is 0 Å². The fourth-order valence-corrected chi connectivity index (χ4v) is 2.38. The molecule has 0 fully saturated rings. The van der Waals surface area contributed by atoms with Gasteiger partial charge in [-0.15, -0.1) is 0 Å². The van der Waals surface area contributed by atoms with Gasteiger partial charge in [-0.25, -0.2) is 0 Å². The van der Waals surface area contributed by atoms with Crippen molar-refractivity contribution in [2.45, 2.75) is 6.61 Å². The van der Waals surface area contributed by atoms with E-state index in [2.05, 4.69) is 15.9 Å². The smallest absolute Gasteiger partial charge is 0.252 e. The summed E-state index contributed by atoms with van der Waals surface area (Å²) in [5, 5.41) is 0. The van der Waals surface area contributed by atoms with E-state index in [4.69, 9.17) is 19.9 Å². The average Bonchev–Trinajstić information content (AvgIpc) is 2.52. The molecule has 0 saturated carbocycles. The number of nitrogens with two attached hydrogens (primary N) is 1. The summed E-state index contributed by atoms with van der Waals surface area (Å²) in [7, 11) is 3.13. The minimum absolute atomic E-state index is 0.232. The van der Waals surface area contributed by atoms with Crippen LogP contribution in [0.4, 0.5) is 0 Å². The number of ether oxygens (including phenoxy) is 3. The summed E-state index contributed by atoms with van der Waals surface area (Å²) in [5.74, 6) is 1.10. The number of hydrogen-bond donors (Lipinski definition) is 1. The van der Waals surface area contributed by atoms with Gasteiger partial charge in [0.2, 0.25) is 0 Å². The van der Waals surface area contributed by atoms with Gasteiger partial charge in [-0.2, -0.15) is 0 Å². The molecule has 0 atom stereocenters. The van der Waals surface area contributed by atoms with E-state index in [1.807, 2.05) is 18.2 Å². The highest BCUT2D eigenvalue weighted by molar-refractivity contribution is 9.10. The monoisotopic (exact) mass is 365 g/mol. The lowest BCUT2D eigenvalue weighted by molar-refractivity contribution is 0.0996. The SMILES string of the molecule is COc1ccc(C(N)=O)c(OCc2cc(Br)ccc2OC)c1. The van der Waals surface area contributed by atoms with E-state index in [-0.39, 0.29) is 6.61 Å². The molecule has 2 rings (SSSR count). The van der Waals surface area contributed by atoms with E-state index in [1.54, 1.807) is 32.4 Å². The van der Waals surface area contributed by atoms with Crippen molar-refractivity contribution in [3.05, 3.63) is 52.0 Å². The number of carbonyl (C=O) groups excluding carboxylic acids is 1. The summed E-state index contributed by atoms with van der Waals surface area (Å²) in [6.45, 7) is 0.232. The molecule has 0 aromatic heterocycles. The van der Waals surface area contributed by atoms with Crippen LogP contribution >= 0.6 is 15.9 Å². The topological polar surface area (TPSA) is 70.8 Å². The zero-order chi connectivity index (χ0) is 16.1. The quantitative estimate of drug-likeness (QED) is 0.853. The fourth-order valence-electron chi connectivity index (χ4n) is 1.97. The van der Waals surface area contributed by atoms with Crippen LogP contribution in [0.25, 0.3) is 0 Å². The maximum absolute atomic E-state index is 11.5. The summed E-state index contributed by atoms with van der Waals surface area (Å²) < 4.78 is 17.1. The van der Waals surface area contributed by atoms with Gasteiger partial charge in [-0.1, -0.05) is 15.9 Å². The number of benzene rings is 2. The van der Waals surface area contributed by atoms with Crippen molar-refractivity contribution in [3.8, 4) is 17.2 Å². The number of carbonyl (C=O) groups is 1. The van der Waals surface area contributed by atoms with Crippen LogP contribution in [0.3, 0.4) is 0 Å². The van der Waals surface area contributed by atoms with E-state index in [1.165, 1.54) is 0 Å². The first kappa shape index (κ1) is 16.2. The van der Waals surface area contributed by atoms with Gasteiger partial charge in [-0.3, -0.25) is 4.79 Å². The summed E-state index contributed by atoms with van der Waals surface area (Å²) in [4.78, 5) is 11.5. The molecule has 0 spiro atoms. The number of primary amides is 1. The third-order valence-corrected chi connectivity index (χ3v) is 3.57. The molecule has 0 bridgehead atoms. The Kier molecular flexibility index (Phi) is 5.27. The molecule has 6 heteroatoms. The number of hydrogen-bond acceptors (Lipinski definition) is 4. The van der Waals surface area contributed by atoms with Gasteiger partial charge < -0.3 is 19.9 Å². The molecular weight excluding hydrogens is 350 g/mol. The number of halogens is 1. The summed E-state index contributed by atoms with van der Waals surface area (Å²) >= 11 is 3.41. The molecule has 22 heavy (non-hydrogen) atoms. The lowest BCUT2D eigenvalue weighted by Crippen LogP contribution is -2.13. The molecule has 0 saturated heterocycles. The lowest BCUT2D eigenvalue weighted by atomic mass is 10.1. The minimum Gasteiger partial charge on any atom is -0.497 e. The second-order valence-electron chi connectivity index (χ2n) is 4.47. The van der Waals surface area contributed by atoms with Crippen LogP contribution in [0.1, 0.15) is 15.9 Å². The van der Waals surface area contributed by atoms with Gasteiger partial charge >= 0.3 is 0 Å². The second kappa shape index (κ2) is 7.17. The lowest BCUT2D eigenvalue weighted by Gasteiger charge is -2.13. The van der Waals surface area contributed by atoms with E-state index in [9.17, 15) is 4.79 Å². The fraction of sp³-hybridized carbons (Fsp3) is 0.188. The molecule has 2 N–H and O–H groups in total. The maximum Gasteiger partial charge on any atom is 0.252 e. The van der Waals surface area contributed by atoms with Crippen LogP contribution in [0, 0.1) is 0 Å². The Balaban J connectivity index is 2.27. The minimum atomic E-state index is -0.557. The van der Waals surface area contributed by atoms with E-state index in [0.717, 1.165) is 10.0 Å².